The van der Waals surface area contributed by atoms with Gasteiger partial charge in [-0.25, -0.2) is 0 Å². The molecule has 1 aromatic heterocycles. The lowest BCUT2D eigenvalue weighted by Gasteiger charge is -2.44. The van der Waals surface area contributed by atoms with E-state index in [-0.39, 0.29) is 24.4 Å². The van der Waals surface area contributed by atoms with E-state index in [2.05, 4.69) is 5.32 Å². The van der Waals surface area contributed by atoms with Gasteiger partial charge in [0.25, 0.3) is 5.91 Å². The maximum absolute atomic E-state index is 14.0. The zero-order valence-corrected chi connectivity index (χ0v) is 21.3. The molecule has 1 aliphatic carbocycles. The SMILES string of the molecule is CCOc1ccc(-c2cc3n(n2)CC(C)(C(=O)NC2CCCCC2)N(c2ccccc2C)C3=O)cc1. The van der Waals surface area contributed by atoms with Crippen LogP contribution in [0.4, 0.5) is 5.69 Å². The van der Waals surface area contributed by atoms with Gasteiger partial charge in [-0.05, 0) is 75.6 Å². The number of ether oxygens (including phenoxy) is 1. The maximum Gasteiger partial charge on any atom is 0.277 e. The number of carbonyl (C=O) groups is 2. The van der Waals surface area contributed by atoms with Crippen LogP contribution in [0.15, 0.2) is 54.6 Å². The summed E-state index contributed by atoms with van der Waals surface area (Å²) in [5.74, 6) is 0.440. The summed E-state index contributed by atoms with van der Waals surface area (Å²) in [5, 5.41) is 8.04. The second-order valence-electron chi connectivity index (χ2n) is 10.0. The smallest absolute Gasteiger partial charge is 0.277 e. The Balaban J connectivity index is 1.53. The van der Waals surface area contributed by atoms with E-state index in [1.165, 1.54) is 6.42 Å². The van der Waals surface area contributed by atoms with Gasteiger partial charge in [-0.15, -0.1) is 0 Å². The quantitative estimate of drug-likeness (QED) is 0.524. The first-order valence-corrected chi connectivity index (χ1v) is 12.9. The summed E-state index contributed by atoms with van der Waals surface area (Å²) < 4.78 is 7.25. The molecule has 7 nitrogen and oxygen atoms in total. The van der Waals surface area contributed by atoms with Gasteiger partial charge in [-0.2, -0.15) is 5.10 Å². The third-order valence-corrected chi connectivity index (χ3v) is 7.40. The standard InChI is InChI=1S/C29H34N4O3/c1-4-36-23-16-14-21(15-17-23)24-18-26-27(34)33(25-13-9-8-10-20(25)2)29(3,19-32(26)31-24)28(35)30-22-11-6-5-7-12-22/h8-10,13-18,22H,4-7,11-12,19H2,1-3H3,(H,30,35). The summed E-state index contributed by atoms with van der Waals surface area (Å²) in [6, 6.07) is 17.4. The summed E-state index contributed by atoms with van der Waals surface area (Å²) >= 11 is 0. The van der Waals surface area contributed by atoms with Gasteiger partial charge in [0.2, 0.25) is 5.91 Å². The van der Waals surface area contributed by atoms with Crippen molar-refractivity contribution in [2.45, 2.75) is 71.0 Å². The molecule has 188 valence electrons. The second kappa shape index (κ2) is 9.80. The number of benzene rings is 2. The molecule has 2 aromatic carbocycles. The Labute approximate surface area is 212 Å². The van der Waals surface area contributed by atoms with Crippen LogP contribution in [-0.4, -0.2) is 39.8 Å². The molecule has 3 aromatic rings. The van der Waals surface area contributed by atoms with Crippen LogP contribution in [0, 0.1) is 6.92 Å². The largest absolute Gasteiger partial charge is 0.494 e. The molecule has 0 spiro atoms. The molecule has 0 saturated heterocycles. The number of rotatable bonds is 6. The Bertz CT molecular complexity index is 1260. The summed E-state index contributed by atoms with van der Waals surface area (Å²) in [6.07, 6.45) is 5.42. The number of nitrogens with one attached hydrogen (secondary N) is 1. The van der Waals surface area contributed by atoms with Gasteiger partial charge < -0.3 is 10.1 Å². The van der Waals surface area contributed by atoms with Crippen molar-refractivity contribution in [3.05, 3.63) is 65.9 Å². The number of aromatic nitrogens is 2. The fourth-order valence-corrected chi connectivity index (χ4v) is 5.39. The third-order valence-electron chi connectivity index (χ3n) is 7.40. The van der Waals surface area contributed by atoms with Crippen LogP contribution in [0.2, 0.25) is 0 Å². The lowest BCUT2D eigenvalue weighted by molar-refractivity contribution is -0.127. The number of hydrogen-bond acceptors (Lipinski definition) is 4. The van der Waals surface area contributed by atoms with Crippen LogP contribution in [-0.2, 0) is 11.3 Å². The van der Waals surface area contributed by atoms with Crippen LogP contribution in [0.5, 0.6) is 5.75 Å². The molecule has 5 rings (SSSR count). The first-order chi connectivity index (χ1) is 17.4. The fourth-order valence-electron chi connectivity index (χ4n) is 5.39. The normalized spacial score (nSPS) is 20.2. The highest BCUT2D eigenvalue weighted by Crippen LogP contribution is 2.36. The number of anilines is 1. The minimum absolute atomic E-state index is 0.130. The van der Waals surface area contributed by atoms with Gasteiger partial charge in [0.05, 0.1) is 18.8 Å². The zero-order chi connectivity index (χ0) is 25.3. The second-order valence-corrected chi connectivity index (χ2v) is 10.0. The molecule has 2 aliphatic rings. The van der Waals surface area contributed by atoms with Gasteiger partial charge >= 0.3 is 0 Å². The van der Waals surface area contributed by atoms with Crippen molar-refractivity contribution in [2.75, 3.05) is 11.5 Å². The number of aryl methyl sites for hydroxylation is 1. The van der Waals surface area contributed by atoms with E-state index in [1.54, 1.807) is 9.58 Å². The molecular weight excluding hydrogens is 452 g/mol. The molecular formula is C29H34N4O3. The molecule has 2 amide bonds. The molecule has 1 saturated carbocycles. The van der Waals surface area contributed by atoms with Crippen molar-refractivity contribution < 1.29 is 14.3 Å². The van der Waals surface area contributed by atoms with Gasteiger partial charge in [0.15, 0.2) is 0 Å². The summed E-state index contributed by atoms with van der Waals surface area (Å²) in [7, 11) is 0. The summed E-state index contributed by atoms with van der Waals surface area (Å²) in [5.41, 5.74) is 2.65. The molecule has 1 unspecified atom stereocenters. The van der Waals surface area contributed by atoms with E-state index in [0.29, 0.717) is 18.0 Å². The van der Waals surface area contributed by atoms with Crippen molar-refractivity contribution in [3.63, 3.8) is 0 Å². The number of para-hydroxylation sites is 1. The average Bonchev–Trinajstić information content (AvgIpc) is 3.30. The van der Waals surface area contributed by atoms with Crippen LogP contribution < -0.4 is 15.0 Å². The maximum atomic E-state index is 14.0. The van der Waals surface area contributed by atoms with Gasteiger partial charge in [0, 0.05) is 17.3 Å². The van der Waals surface area contributed by atoms with E-state index in [4.69, 9.17) is 9.84 Å². The first kappa shape index (κ1) is 24.1. The van der Waals surface area contributed by atoms with E-state index in [9.17, 15) is 9.59 Å². The molecule has 0 bridgehead atoms. The van der Waals surface area contributed by atoms with Crippen molar-refractivity contribution in [3.8, 4) is 17.0 Å². The van der Waals surface area contributed by atoms with Crippen molar-refractivity contribution >= 4 is 17.5 Å². The topological polar surface area (TPSA) is 76.5 Å². The minimum Gasteiger partial charge on any atom is -0.494 e. The zero-order valence-electron chi connectivity index (χ0n) is 21.3. The van der Waals surface area contributed by atoms with Gasteiger partial charge in [-0.3, -0.25) is 19.2 Å². The number of fused-ring (bicyclic) bond motifs is 1. The van der Waals surface area contributed by atoms with Crippen molar-refractivity contribution in [1.82, 2.24) is 15.1 Å². The monoisotopic (exact) mass is 486 g/mol. The summed E-state index contributed by atoms with van der Waals surface area (Å²) in [6.45, 7) is 6.65. The van der Waals surface area contributed by atoms with E-state index in [0.717, 1.165) is 48.2 Å². The highest BCUT2D eigenvalue weighted by Gasteiger charge is 2.49. The Kier molecular flexibility index (Phi) is 6.56. The van der Waals surface area contributed by atoms with Crippen molar-refractivity contribution in [1.29, 1.82) is 0 Å². The molecule has 7 heteroatoms. The number of nitrogens with zero attached hydrogens (tertiary/aromatic N) is 3. The lowest BCUT2D eigenvalue weighted by atomic mass is 9.90. The van der Waals surface area contributed by atoms with E-state index in [1.807, 2.05) is 75.4 Å². The first-order valence-electron chi connectivity index (χ1n) is 12.9. The van der Waals surface area contributed by atoms with Crippen LogP contribution in [0.3, 0.4) is 0 Å². The fraction of sp³-hybridized carbons (Fsp3) is 0.414. The molecule has 1 fully saturated rings. The Morgan fingerprint density at radius 1 is 1.11 bits per heavy atom. The average molecular weight is 487 g/mol. The lowest BCUT2D eigenvalue weighted by Crippen LogP contribution is -2.65. The predicted octanol–water partition coefficient (Wildman–Crippen LogP) is 5.13. The molecule has 36 heavy (non-hydrogen) atoms. The number of hydrogen-bond donors (Lipinski definition) is 1. The van der Waals surface area contributed by atoms with Crippen molar-refractivity contribution in [2.24, 2.45) is 0 Å². The Morgan fingerprint density at radius 2 is 1.83 bits per heavy atom. The van der Waals surface area contributed by atoms with E-state index < -0.39 is 5.54 Å². The minimum atomic E-state index is -1.12. The molecule has 1 N–H and O–H groups in total. The van der Waals surface area contributed by atoms with Crippen LogP contribution in [0.1, 0.15) is 62.0 Å². The molecule has 1 atom stereocenters. The van der Waals surface area contributed by atoms with Gasteiger partial charge in [-0.1, -0.05) is 37.5 Å². The van der Waals surface area contributed by atoms with Gasteiger partial charge in [0.1, 0.15) is 17.0 Å². The predicted molar refractivity (Wildman–Crippen MR) is 140 cm³/mol. The number of amides is 2. The molecule has 0 radical (unpaired) electrons. The third kappa shape index (κ3) is 4.38. The molecule has 1 aliphatic heterocycles. The Hall–Kier alpha value is -3.61. The summed E-state index contributed by atoms with van der Waals surface area (Å²) in [4.78, 5) is 29.6. The molecule has 2 heterocycles. The highest BCUT2D eigenvalue weighted by molar-refractivity contribution is 6.12. The highest BCUT2D eigenvalue weighted by atomic mass is 16.5. The Morgan fingerprint density at radius 3 is 2.53 bits per heavy atom. The number of carbonyl (C=O) groups excluding carboxylic acids is 2. The van der Waals surface area contributed by atoms with E-state index >= 15 is 0 Å². The van der Waals surface area contributed by atoms with Crippen LogP contribution in [0.25, 0.3) is 11.3 Å². The van der Waals surface area contributed by atoms with Crippen LogP contribution >= 0.6 is 0 Å².